The van der Waals surface area contributed by atoms with Crippen LogP contribution in [0, 0.1) is 0 Å². The van der Waals surface area contributed by atoms with Gasteiger partial charge in [-0.25, -0.2) is 4.98 Å². The largest absolute Gasteiger partial charge is 0.378 e. The number of likely N-dealkylation sites (tertiary alicyclic amines) is 1. The SMILES string of the molecule is CN(C)c1ccc(/C=C/CN2CCCC2CNc2nccc(N3CCCCCC3)n2)cc1. The Labute approximate surface area is 193 Å². The first-order valence-corrected chi connectivity index (χ1v) is 12.2. The molecule has 172 valence electrons. The van der Waals surface area contributed by atoms with Gasteiger partial charge in [-0.2, -0.15) is 4.98 Å². The molecule has 2 saturated heterocycles. The highest BCUT2D eigenvalue weighted by Crippen LogP contribution is 2.20. The number of rotatable bonds is 8. The van der Waals surface area contributed by atoms with Crippen molar-refractivity contribution in [3.63, 3.8) is 0 Å². The Kier molecular flexibility index (Phi) is 7.99. The lowest BCUT2D eigenvalue weighted by atomic mass is 10.2. The highest BCUT2D eigenvalue weighted by molar-refractivity contribution is 5.55. The molecule has 2 fully saturated rings. The monoisotopic (exact) mass is 434 g/mol. The van der Waals surface area contributed by atoms with Crippen LogP contribution >= 0.6 is 0 Å². The number of hydrogen-bond donors (Lipinski definition) is 1. The van der Waals surface area contributed by atoms with Gasteiger partial charge in [0.2, 0.25) is 5.95 Å². The summed E-state index contributed by atoms with van der Waals surface area (Å²) in [5.41, 5.74) is 2.48. The van der Waals surface area contributed by atoms with Gasteiger partial charge in [-0.05, 0) is 56.0 Å². The number of benzene rings is 1. The molecular weight excluding hydrogens is 396 g/mol. The topological polar surface area (TPSA) is 47.5 Å². The maximum atomic E-state index is 4.81. The van der Waals surface area contributed by atoms with Crippen molar-refractivity contribution in [2.45, 2.75) is 44.6 Å². The third-order valence-electron chi connectivity index (χ3n) is 6.63. The lowest BCUT2D eigenvalue weighted by Gasteiger charge is -2.24. The lowest BCUT2D eigenvalue weighted by Crippen LogP contribution is -2.35. The van der Waals surface area contributed by atoms with E-state index in [1.807, 2.05) is 12.3 Å². The van der Waals surface area contributed by atoms with Gasteiger partial charge in [0.25, 0.3) is 0 Å². The minimum atomic E-state index is 0.529. The maximum absolute atomic E-state index is 4.81. The molecule has 6 nitrogen and oxygen atoms in total. The molecule has 0 bridgehead atoms. The van der Waals surface area contributed by atoms with Gasteiger partial charge in [0.15, 0.2) is 0 Å². The standard InChI is InChI=1S/C26H38N6/c1-30(2)23-13-11-22(12-14-23)9-7-19-31-20-8-10-24(31)21-28-26-27-16-15-25(29-26)32-17-5-3-4-6-18-32/h7,9,11-16,24H,3-6,8,10,17-21H2,1-2H3,(H,27,28,29)/b9-7+. The molecule has 1 aromatic carbocycles. The van der Waals surface area contributed by atoms with Crippen molar-refractivity contribution in [1.82, 2.24) is 14.9 Å². The van der Waals surface area contributed by atoms with E-state index < -0.39 is 0 Å². The van der Waals surface area contributed by atoms with Gasteiger partial charge < -0.3 is 15.1 Å². The van der Waals surface area contributed by atoms with Gasteiger partial charge in [0.1, 0.15) is 5.82 Å². The second kappa shape index (κ2) is 11.3. The average Bonchev–Trinajstić information content (AvgIpc) is 3.08. The van der Waals surface area contributed by atoms with E-state index in [2.05, 4.69) is 75.5 Å². The first kappa shape index (κ1) is 22.6. The minimum Gasteiger partial charge on any atom is -0.378 e. The van der Waals surface area contributed by atoms with Crippen molar-refractivity contribution in [3.8, 4) is 0 Å². The van der Waals surface area contributed by atoms with Gasteiger partial charge in [0.05, 0.1) is 0 Å². The van der Waals surface area contributed by atoms with E-state index in [1.54, 1.807) is 0 Å². The molecule has 0 aliphatic carbocycles. The molecule has 0 amide bonds. The summed E-state index contributed by atoms with van der Waals surface area (Å²) in [6, 6.07) is 11.3. The fourth-order valence-corrected chi connectivity index (χ4v) is 4.69. The molecule has 0 saturated carbocycles. The van der Waals surface area contributed by atoms with Gasteiger partial charge >= 0.3 is 0 Å². The molecular formula is C26H38N6. The zero-order chi connectivity index (χ0) is 22.2. The van der Waals surface area contributed by atoms with Crippen LogP contribution in [0.15, 0.2) is 42.6 Å². The van der Waals surface area contributed by atoms with Crippen LogP contribution < -0.4 is 15.1 Å². The summed E-state index contributed by atoms with van der Waals surface area (Å²) in [6.07, 6.45) is 14.1. The summed E-state index contributed by atoms with van der Waals surface area (Å²) in [7, 11) is 4.14. The predicted octanol–water partition coefficient (Wildman–Crippen LogP) is 4.51. The maximum Gasteiger partial charge on any atom is 0.224 e. The molecule has 2 aliphatic rings. The van der Waals surface area contributed by atoms with E-state index in [4.69, 9.17) is 4.98 Å². The molecule has 4 rings (SSSR count). The highest BCUT2D eigenvalue weighted by Gasteiger charge is 2.23. The van der Waals surface area contributed by atoms with Crippen molar-refractivity contribution in [2.75, 3.05) is 61.9 Å². The van der Waals surface area contributed by atoms with Crippen LogP contribution in [0.1, 0.15) is 44.1 Å². The molecule has 2 aromatic rings. The highest BCUT2D eigenvalue weighted by atomic mass is 15.2. The second-order valence-electron chi connectivity index (χ2n) is 9.20. The van der Waals surface area contributed by atoms with Crippen LogP contribution in [-0.4, -0.2) is 67.7 Å². The quantitative estimate of drug-likeness (QED) is 0.660. The van der Waals surface area contributed by atoms with E-state index >= 15 is 0 Å². The van der Waals surface area contributed by atoms with E-state index in [0.29, 0.717) is 6.04 Å². The smallest absolute Gasteiger partial charge is 0.224 e. The number of anilines is 3. The Bertz CT molecular complexity index is 855. The van der Waals surface area contributed by atoms with Gasteiger partial charge in [-0.1, -0.05) is 37.1 Å². The van der Waals surface area contributed by atoms with Crippen LogP contribution in [-0.2, 0) is 0 Å². The number of nitrogens with one attached hydrogen (secondary N) is 1. The molecule has 0 spiro atoms. The molecule has 6 heteroatoms. The summed E-state index contributed by atoms with van der Waals surface area (Å²) in [6.45, 7) is 5.25. The Hall–Kier alpha value is -2.60. The van der Waals surface area contributed by atoms with Crippen LogP contribution in [0.2, 0.25) is 0 Å². The van der Waals surface area contributed by atoms with Crippen LogP contribution in [0.4, 0.5) is 17.5 Å². The molecule has 32 heavy (non-hydrogen) atoms. The van der Waals surface area contributed by atoms with E-state index in [-0.39, 0.29) is 0 Å². The third-order valence-corrected chi connectivity index (χ3v) is 6.63. The third kappa shape index (κ3) is 6.22. The van der Waals surface area contributed by atoms with Crippen molar-refractivity contribution in [2.24, 2.45) is 0 Å². The first-order valence-electron chi connectivity index (χ1n) is 12.2. The van der Waals surface area contributed by atoms with E-state index in [1.165, 1.54) is 49.8 Å². The number of hydrogen-bond acceptors (Lipinski definition) is 6. The van der Waals surface area contributed by atoms with Crippen LogP contribution in [0.25, 0.3) is 6.08 Å². The summed E-state index contributed by atoms with van der Waals surface area (Å²) in [5.74, 6) is 1.83. The first-order chi connectivity index (χ1) is 15.7. The Morgan fingerprint density at radius 2 is 1.78 bits per heavy atom. The summed E-state index contributed by atoms with van der Waals surface area (Å²) < 4.78 is 0. The zero-order valence-corrected chi connectivity index (χ0v) is 19.7. The lowest BCUT2D eigenvalue weighted by molar-refractivity contribution is 0.291. The molecule has 1 atom stereocenters. The van der Waals surface area contributed by atoms with Gasteiger partial charge in [0, 0.05) is 58.2 Å². The van der Waals surface area contributed by atoms with Gasteiger partial charge in [-0.3, -0.25) is 4.90 Å². The molecule has 0 radical (unpaired) electrons. The summed E-state index contributed by atoms with van der Waals surface area (Å²) in [5, 5.41) is 3.52. The molecule has 2 aliphatic heterocycles. The fraction of sp³-hybridized carbons (Fsp3) is 0.538. The number of aromatic nitrogens is 2. The van der Waals surface area contributed by atoms with Crippen molar-refractivity contribution in [3.05, 3.63) is 48.2 Å². The fourth-order valence-electron chi connectivity index (χ4n) is 4.69. The van der Waals surface area contributed by atoms with Crippen LogP contribution in [0.3, 0.4) is 0 Å². The summed E-state index contributed by atoms with van der Waals surface area (Å²) >= 11 is 0. The zero-order valence-electron chi connectivity index (χ0n) is 19.7. The molecule has 1 unspecified atom stereocenters. The van der Waals surface area contributed by atoms with Crippen molar-refractivity contribution >= 4 is 23.5 Å². The molecule has 1 aromatic heterocycles. The van der Waals surface area contributed by atoms with E-state index in [0.717, 1.165) is 44.5 Å². The summed E-state index contributed by atoms with van der Waals surface area (Å²) in [4.78, 5) is 16.4. The Morgan fingerprint density at radius 3 is 2.53 bits per heavy atom. The molecule has 1 N–H and O–H groups in total. The predicted molar refractivity (Wildman–Crippen MR) is 136 cm³/mol. The number of nitrogens with zero attached hydrogens (tertiary/aromatic N) is 5. The Balaban J connectivity index is 1.28. The normalized spacial score (nSPS) is 19.9. The molecule has 3 heterocycles. The minimum absolute atomic E-state index is 0.529. The van der Waals surface area contributed by atoms with Crippen LogP contribution in [0.5, 0.6) is 0 Å². The second-order valence-corrected chi connectivity index (χ2v) is 9.20. The van der Waals surface area contributed by atoms with Crippen molar-refractivity contribution in [1.29, 1.82) is 0 Å². The average molecular weight is 435 g/mol. The Morgan fingerprint density at radius 1 is 1.00 bits per heavy atom. The van der Waals surface area contributed by atoms with Crippen molar-refractivity contribution < 1.29 is 0 Å². The van der Waals surface area contributed by atoms with Gasteiger partial charge in [-0.15, -0.1) is 0 Å². The van der Waals surface area contributed by atoms with E-state index in [9.17, 15) is 0 Å².